The molecule has 0 saturated carbocycles. The highest BCUT2D eigenvalue weighted by atomic mass is 16.4. The number of hydrogen-bond acceptors (Lipinski definition) is 5. The Balaban J connectivity index is 2.51. The lowest BCUT2D eigenvalue weighted by Gasteiger charge is -2.06. The zero-order chi connectivity index (χ0) is 15.0. The average Bonchev–Trinajstić information content (AvgIpc) is 2.66. The maximum atomic E-state index is 12.2. The summed E-state index contributed by atoms with van der Waals surface area (Å²) in [6.45, 7) is 0. The van der Waals surface area contributed by atoms with Gasteiger partial charge in [0.05, 0.1) is 10.9 Å². The van der Waals surface area contributed by atoms with Crippen LogP contribution in [-0.2, 0) is 0 Å². The number of rotatable bonds is 1. The van der Waals surface area contributed by atoms with Gasteiger partial charge in [-0.15, -0.1) is 0 Å². The predicted octanol–water partition coefficient (Wildman–Crippen LogP) is 2.23. The number of fused-ring (bicyclic) bond motifs is 1. The lowest BCUT2D eigenvalue weighted by atomic mass is 10.1. The van der Waals surface area contributed by atoms with Crippen molar-refractivity contribution in [1.82, 2.24) is 0 Å². The van der Waals surface area contributed by atoms with E-state index in [4.69, 9.17) is 4.42 Å². The van der Waals surface area contributed by atoms with Crippen LogP contribution in [0.2, 0.25) is 0 Å². The Morgan fingerprint density at radius 2 is 1.52 bits per heavy atom. The molecule has 0 saturated heterocycles. The van der Waals surface area contributed by atoms with E-state index in [9.17, 15) is 19.8 Å². The van der Waals surface area contributed by atoms with Gasteiger partial charge in [0.15, 0.2) is 11.3 Å². The number of para-hydroxylation sites is 1. The minimum Gasteiger partial charge on any atom is -0.507 e. The van der Waals surface area contributed by atoms with Crippen LogP contribution in [0.5, 0.6) is 11.5 Å². The Hall–Kier alpha value is -3.08. The highest BCUT2D eigenvalue weighted by Crippen LogP contribution is 2.34. The number of hydrogen-bond donors (Lipinski definition) is 2. The first-order valence-corrected chi connectivity index (χ1v) is 6.17. The molecule has 21 heavy (non-hydrogen) atoms. The summed E-state index contributed by atoms with van der Waals surface area (Å²) in [5, 5.41) is 19.8. The zero-order valence-electron chi connectivity index (χ0n) is 10.7. The van der Waals surface area contributed by atoms with Crippen molar-refractivity contribution < 1.29 is 14.6 Å². The van der Waals surface area contributed by atoms with E-state index in [-0.39, 0.29) is 28.0 Å². The van der Waals surface area contributed by atoms with Gasteiger partial charge in [0.1, 0.15) is 5.75 Å². The van der Waals surface area contributed by atoms with Gasteiger partial charge in [-0.1, -0.05) is 24.3 Å². The second-order valence-corrected chi connectivity index (χ2v) is 4.45. The molecule has 0 aliphatic rings. The molecule has 5 nitrogen and oxygen atoms in total. The molecule has 5 heteroatoms. The van der Waals surface area contributed by atoms with E-state index in [1.807, 2.05) is 0 Å². The molecule has 0 spiro atoms. The molecule has 2 N–H and O–H groups in total. The topological polar surface area (TPSA) is 87.7 Å². The maximum absolute atomic E-state index is 12.2. The van der Waals surface area contributed by atoms with Gasteiger partial charge in [-0.3, -0.25) is 9.59 Å². The lowest BCUT2D eigenvalue weighted by molar-refractivity contribution is 0.443. The van der Waals surface area contributed by atoms with Crippen LogP contribution in [0.1, 0.15) is 0 Å². The summed E-state index contributed by atoms with van der Waals surface area (Å²) >= 11 is 0. The third-order valence-corrected chi connectivity index (χ3v) is 3.12. The lowest BCUT2D eigenvalue weighted by Crippen LogP contribution is -2.06. The molecule has 2 aromatic carbocycles. The molecule has 1 aromatic heterocycles. The summed E-state index contributed by atoms with van der Waals surface area (Å²) in [7, 11) is 0. The fourth-order valence-electron chi connectivity index (χ4n) is 2.09. The van der Waals surface area contributed by atoms with Gasteiger partial charge >= 0.3 is 0 Å². The zero-order valence-corrected chi connectivity index (χ0v) is 10.7. The molecule has 0 aliphatic carbocycles. The van der Waals surface area contributed by atoms with Gasteiger partial charge < -0.3 is 14.6 Å². The summed E-state index contributed by atoms with van der Waals surface area (Å²) in [6, 6.07) is 11.7. The number of aromatic hydroxyl groups is 2. The SMILES string of the molecule is O=c1c(O)c(-c2ccccc2O)oc2c(=O)ccccc12. The Kier molecular flexibility index (Phi) is 2.95. The van der Waals surface area contributed by atoms with Crippen molar-refractivity contribution in [3.63, 3.8) is 0 Å². The second kappa shape index (κ2) is 4.79. The number of phenolic OH excluding ortho intramolecular Hbond substituents is 1. The van der Waals surface area contributed by atoms with Crippen LogP contribution in [-0.4, -0.2) is 10.2 Å². The Morgan fingerprint density at radius 3 is 2.29 bits per heavy atom. The van der Waals surface area contributed by atoms with E-state index >= 15 is 0 Å². The van der Waals surface area contributed by atoms with Gasteiger partial charge in [0, 0.05) is 0 Å². The van der Waals surface area contributed by atoms with E-state index in [2.05, 4.69) is 0 Å². The minimum atomic E-state index is -0.720. The van der Waals surface area contributed by atoms with Gasteiger partial charge in [-0.25, -0.2) is 0 Å². The van der Waals surface area contributed by atoms with Crippen LogP contribution >= 0.6 is 0 Å². The van der Waals surface area contributed by atoms with Crippen molar-refractivity contribution in [3.05, 3.63) is 69.0 Å². The molecule has 3 rings (SSSR count). The molecule has 0 unspecified atom stereocenters. The molecule has 104 valence electrons. The normalized spacial score (nSPS) is 10.7. The van der Waals surface area contributed by atoms with Crippen molar-refractivity contribution in [1.29, 1.82) is 0 Å². The summed E-state index contributed by atoms with van der Waals surface area (Å²) < 4.78 is 5.41. The van der Waals surface area contributed by atoms with Crippen LogP contribution < -0.4 is 10.9 Å². The van der Waals surface area contributed by atoms with E-state index < -0.39 is 16.6 Å². The first-order valence-electron chi connectivity index (χ1n) is 6.17. The van der Waals surface area contributed by atoms with Crippen LogP contribution in [0, 0.1) is 0 Å². The van der Waals surface area contributed by atoms with Gasteiger partial charge in [-0.2, -0.15) is 0 Å². The highest BCUT2D eigenvalue weighted by molar-refractivity contribution is 5.82. The maximum Gasteiger partial charge on any atom is 0.235 e. The summed E-state index contributed by atoms with van der Waals surface area (Å²) in [5.41, 5.74) is -1.23. The highest BCUT2D eigenvalue weighted by Gasteiger charge is 2.18. The van der Waals surface area contributed by atoms with Crippen LogP contribution in [0.3, 0.4) is 0 Å². The summed E-state index contributed by atoms with van der Waals surface area (Å²) in [5.74, 6) is -1.04. The van der Waals surface area contributed by atoms with Gasteiger partial charge in [0.2, 0.25) is 16.6 Å². The van der Waals surface area contributed by atoms with Crippen molar-refractivity contribution in [2.45, 2.75) is 0 Å². The summed E-state index contributed by atoms with van der Waals surface area (Å²) in [4.78, 5) is 24.1. The van der Waals surface area contributed by atoms with Crippen molar-refractivity contribution in [2.75, 3.05) is 0 Å². The van der Waals surface area contributed by atoms with Gasteiger partial charge in [0.25, 0.3) is 0 Å². The number of benzene rings is 1. The van der Waals surface area contributed by atoms with E-state index in [1.165, 1.54) is 36.4 Å². The van der Waals surface area contributed by atoms with E-state index in [0.717, 1.165) is 0 Å². The molecule has 1 heterocycles. The molecule has 0 aliphatic heterocycles. The van der Waals surface area contributed by atoms with E-state index in [0.29, 0.717) is 0 Å². The van der Waals surface area contributed by atoms with Crippen LogP contribution in [0.4, 0.5) is 0 Å². The number of phenols is 1. The molecule has 0 atom stereocenters. The Bertz CT molecular complexity index is 956. The van der Waals surface area contributed by atoms with Crippen LogP contribution in [0.15, 0.2) is 62.5 Å². The quantitative estimate of drug-likeness (QED) is 0.714. The van der Waals surface area contributed by atoms with Crippen molar-refractivity contribution >= 4 is 11.0 Å². The molecule has 3 aromatic rings. The fourth-order valence-corrected chi connectivity index (χ4v) is 2.09. The molecular weight excluding hydrogens is 272 g/mol. The Morgan fingerprint density at radius 1 is 0.857 bits per heavy atom. The van der Waals surface area contributed by atoms with Gasteiger partial charge in [-0.05, 0) is 24.3 Å². The summed E-state index contributed by atoms with van der Waals surface area (Å²) in [6.07, 6.45) is 0. The first kappa shape index (κ1) is 12.9. The first-order chi connectivity index (χ1) is 10.1. The molecule has 0 fully saturated rings. The average molecular weight is 282 g/mol. The molecular formula is C16H10O5. The molecule has 0 amide bonds. The molecule has 0 radical (unpaired) electrons. The van der Waals surface area contributed by atoms with Crippen molar-refractivity contribution in [3.8, 4) is 22.8 Å². The second-order valence-electron chi connectivity index (χ2n) is 4.45. The van der Waals surface area contributed by atoms with E-state index in [1.54, 1.807) is 12.1 Å². The predicted molar refractivity (Wildman–Crippen MR) is 77.5 cm³/mol. The Labute approximate surface area is 118 Å². The van der Waals surface area contributed by atoms with Crippen LogP contribution in [0.25, 0.3) is 22.3 Å². The standard InChI is InChI=1S/C16H10O5/c17-11-7-3-1-5-9(11)16-14(20)13(19)10-6-2-4-8-12(18)15(10)21-16/h1-8,17,20H. The minimum absolute atomic E-state index is 0.0123. The smallest absolute Gasteiger partial charge is 0.235 e. The third-order valence-electron chi connectivity index (χ3n) is 3.12. The largest absolute Gasteiger partial charge is 0.507 e. The fraction of sp³-hybridized carbons (Fsp3) is 0. The third kappa shape index (κ3) is 2.04. The molecule has 0 bridgehead atoms. The monoisotopic (exact) mass is 282 g/mol. The van der Waals surface area contributed by atoms with Crippen molar-refractivity contribution in [2.24, 2.45) is 0 Å².